The fourth-order valence-corrected chi connectivity index (χ4v) is 3.68. The van der Waals surface area contributed by atoms with Crippen LogP contribution >= 0.6 is 0 Å². The summed E-state index contributed by atoms with van der Waals surface area (Å²) in [5, 5.41) is 4.83. The van der Waals surface area contributed by atoms with Crippen molar-refractivity contribution in [2.45, 2.75) is 46.0 Å². The van der Waals surface area contributed by atoms with E-state index in [1.807, 2.05) is 23.7 Å². The van der Waals surface area contributed by atoms with Crippen LogP contribution in [0.3, 0.4) is 0 Å². The SMILES string of the molecule is CC1C(=O)c2c(C3CC3)nn(-c3ccc(C(N)=O)cc3)c2CC1(C)C. The summed E-state index contributed by atoms with van der Waals surface area (Å²) >= 11 is 0. The summed E-state index contributed by atoms with van der Waals surface area (Å²) in [4.78, 5) is 24.4. The number of ketones is 1. The van der Waals surface area contributed by atoms with Gasteiger partial charge >= 0.3 is 0 Å². The summed E-state index contributed by atoms with van der Waals surface area (Å²) in [7, 11) is 0. The summed E-state index contributed by atoms with van der Waals surface area (Å²) in [5.74, 6) is 0.177. The number of primary amides is 1. The lowest BCUT2D eigenvalue weighted by Crippen LogP contribution is -2.37. The second kappa shape index (κ2) is 5.28. The standard InChI is InChI=1S/C20H23N3O2/c1-11-18(24)16-15(10-20(11,2)3)23(22-17(16)12-4-5-12)14-8-6-13(7-9-14)19(21)25/h6-9,11-12H,4-5,10H2,1-3H3,(H2,21,25). The largest absolute Gasteiger partial charge is 0.366 e. The average Bonchev–Trinajstić information content (AvgIpc) is 3.34. The molecule has 0 aliphatic heterocycles. The molecule has 0 bridgehead atoms. The minimum Gasteiger partial charge on any atom is -0.366 e. The van der Waals surface area contributed by atoms with Crippen LogP contribution < -0.4 is 5.73 Å². The molecule has 1 saturated carbocycles. The molecule has 25 heavy (non-hydrogen) atoms. The van der Waals surface area contributed by atoms with Crippen molar-refractivity contribution >= 4 is 11.7 Å². The molecule has 130 valence electrons. The number of rotatable bonds is 3. The van der Waals surface area contributed by atoms with Gasteiger partial charge in [0, 0.05) is 17.4 Å². The van der Waals surface area contributed by atoms with E-state index >= 15 is 0 Å². The van der Waals surface area contributed by atoms with Crippen molar-refractivity contribution in [3.8, 4) is 5.69 Å². The molecule has 1 fully saturated rings. The van der Waals surface area contributed by atoms with Crippen LogP contribution in [0.15, 0.2) is 24.3 Å². The molecule has 2 aliphatic carbocycles. The van der Waals surface area contributed by atoms with E-state index in [2.05, 4.69) is 13.8 Å². The van der Waals surface area contributed by atoms with E-state index in [4.69, 9.17) is 10.8 Å². The van der Waals surface area contributed by atoms with E-state index in [1.165, 1.54) is 0 Å². The number of carbonyl (C=O) groups is 2. The Kier molecular flexibility index (Phi) is 3.39. The first kappa shape index (κ1) is 16.1. The maximum Gasteiger partial charge on any atom is 0.248 e. The van der Waals surface area contributed by atoms with Gasteiger partial charge in [0.2, 0.25) is 5.91 Å². The Hall–Kier alpha value is -2.43. The van der Waals surface area contributed by atoms with Crippen LogP contribution in [0.2, 0.25) is 0 Å². The van der Waals surface area contributed by atoms with Gasteiger partial charge in [-0.15, -0.1) is 0 Å². The predicted octanol–water partition coefficient (Wildman–Crippen LogP) is 3.25. The summed E-state index contributed by atoms with van der Waals surface area (Å²) in [6.07, 6.45) is 3.02. The van der Waals surface area contributed by atoms with Gasteiger partial charge in [-0.2, -0.15) is 5.10 Å². The predicted molar refractivity (Wildman–Crippen MR) is 95.0 cm³/mol. The van der Waals surface area contributed by atoms with Gasteiger partial charge in [-0.05, 0) is 48.9 Å². The van der Waals surface area contributed by atoms with Crippen molar-refractivity contribution in [1.29, 1.82) is 0 Å². The normalized spacial score (nSPS) is 21.9. The van der Waals surface area contributed by atoms with Gasteiger partial charge in [0.15, 0.2) is 5.78 Å². The molecule has 4 rings (SSSR count). The number of benzene rings is 1. The number of Topliss-reactive ketones (excluding diaryl/α,β-unsaturated/α-hetero) is 1. The molecule has 1 aromatic heterocycles. The van der Waals surface area contributed by atoms with Gasteiger partial charge in [-0.3, -0.25) is 9.59 Å². The van der Waals surface area contributed by atoms with Gasteiger partial charge in [-0.25, -0.2) is 4.68 Å². The van der Waals surface area contributed by atoms with Gasteiger partial charge in [0.25, 0.3) is 0 Å². The Morgan fingerprint density at radius 2 is 1.88 bits per heavy atom. The third-order valence-corrected chi connectivity index (χ3v) is 5.80. The average molecular weight is 337 g/mol. The van der Waals surface area contributed by atoms with E-state index in [-0.39, 0.29) is 17.1 Å². The molecule has 0 saturated heterocycles. The zero-order valence-electron chi connectivity index (χ0n) is 14.9. The second-order valence-corrected chi connectivity index (χ2v) is 8.06. The van der Waals surface area contributed by atoms with Crippen molar-refractivity contribution in [2.24, 2.45) is 17.1 Å². The van der Waals surface area contributed by atoms with E-state index in [0.717, 1.165) is 41.9 Å². The molecule has 1 amide bonds. The van der Waals surface area contributed by atoms with Gasteiger partial charge in [-0.1, -0.05) is 20.8 Å². The van der Waals surface area contributed by atoms with Crippen molar-refractivity contribution in [3.05, 3.63) is 46.8 Å². The van der Waals surface area contributed by atoms with Gasteiger partial charge < -0.3 is 5.73 Å². The second-order valence-electron chi connectivity index (χ2n) is 8.06. The first-order chi connectivity index (χ1) is 11.8. The third-order valence-electron chi connectivity index (χ3n) is 5.80. The molecular formula is C20H23N3O2. The lowest BCUT2D eigenvalue weighted by molar-refractivity contribution is 0.0786. The van der Waals surface area contributed by atoms with Gasteiger partial charge in [0.1, 0.15) is 0 Å². The highest BCUT2D eigenvalue weighted by molar-refractivity contribution is 6.01. The maximum absolute atomic E-state index is 13.1. The summed E-state index contributed by atoms with van der Waals surface area (Å²) in [5.41, 5.74) is 9.37. The van der Waals surface area contributed by atoms with Crippen LogP contribution in [0.5, 0.6) is 0 Å². The molecule has 2 aromatic rings. The number of fused-ring (bicyclic) bond motifs is 1. The summed E-state index contributed by atoms with van der Waals surface area (Å²) < 4.78 is 1.90. The molecular weight excluding hydrogens is 314 g/mol. The highest BCUT2D eigenvalue weighted by Crippen LogP contribution is 2.47. The minimum absolute atomic E-state index is 0.00705. The van der Waals surface area contributed by atoms with Crippen molar-refractivity contribution in [2.75, 3.05) is 0 Å². The van der Waals surface area contributed by atoms with E-state index in [9.17, 15) is 9.59 Å². The highest BCUT2D eigenvalue weighted by atomic mass is 16.1. The summed E-state index contributed by atoms with van der Waals surface area (Å²) in [6.45, 7) is 6.31. The molecule has 5 heteroatoms. The van der Waals surface area contributed by atoms with Crippen LogP contribution in [-0.2, 0) is 6.42 Å². The fourth-order valence-electron chi connectivity index (χ4n) is 3.68. The number of hydrogen-bond donors (Lipinski definition) is 1. The van der Waals surface area contributed by atoms with E-state index in [1.54, 1.807) is 12.1 Å². The van der Waals surface area contributed by atoms with Crippen LogP contribution in [0.25, 0.3) is 5.69 Å². The Balaban J connectivity index is 1.87. The van der Waals surface area contributed by atoms with Crippen LogP contribution in [0.4, 0.5) is 0 Å². The molecule has 0 radical (unpaired) electrons. The molecule has 2 N–H and O–H groups in total. The fraction of sp³-hybridized carbons (Fsp3) is 0.450. The zero-order valence-corrected chi connectivity index (χ0v) is 14.9. The summed E-state index contributed by atoms with van der Waals surface area (Å²) in [6, 6.07) is 7.11. The van der Waals surface area contributed by atoms with Crippen molar-refractivity contribution in [1.82, 2.24) is 9.78 Å². The number of carbonyl (C=O) groups excluding carboxylic acids is 2. The van der Waals surface area contributed by atoms with E-state index in [0.29, 0.717) is 11.5 Å². The lowest BCUT2D eigenvalue weighted by atomic mass is 9.68. The molecule has 5 nitrogen and oxygen atoms in total. The number of nitrogens with two attached hydrogens (primary N) is 1. The van der Waals surface area contributed by atoms with Crippen molar-refractivity contribution in [3.63, 3.8) is 0 Å². The van der Waals surface area contributed by atoms with E-state index < -0.39 is 5.91 Å². The molecule has 1 unspecified atom stereocenters. The quantitative estimate of drug-likeness (QED) is 0.934. The molecule has 1 heterocycles. The Morgan fingerprint density at radius 3 is 2.44 bits per heavy atom. The Bertz CT molecular complexity index is 873. The molecule has 1 aromatic carbocycles. The maximum atomic E-state index is 13.1. The number of aromatic nitrogens is 2. The highest BCUT2D eigenvalue weighted by Gasteiger charge is 2.44. The first-order valence-corrected chi connectivity index (χ1v) is 8.86. The van der Waals surface area contributed by atoms with Crippen LogP contribution in [0.1, 0.15) is 71.6 Å². The van der Waals surface area contributed by atoms with Gasteiger partial charge in [0.05, 0.1) is 22.6 Å². The molecule has 1 atom stereocenters. The first-order valence-electron chi connectivity index (χ1n) is 8.86. The van der Waals surface area contributed by atoms with Crippen LogP contribution in [0, 0.1) is 11.3 Å². The lowest BCUT2D eigenvalue weighted by Gasteiger charge is -2.35. The zero-order chi connectivity index (χ0) is 17.9. The molecule has 0 spiro atoms. The van der Waals surface area contributed by atoms with Crippen molar-refractivity contribution < 1.29 is 9.59 Å². The topological polar surface area (TPSA) is 78.0 Å². The van der Waals surface area contributed by atoms with Crippen LogP contribution in [-0.4, -0.2) is 21.5 Å². The number of amides is 1. The Labute approximate surface area is 147 Å². The molecule has 2 aliphatic rings. The number of hydrogen-bond acceptors (Lipinski definition) is 3. The monoisotopic (exact) mass is 337 g/mol. The smallest absolute Gasteiger partial charge is 0.248 e. The third kappa shape index (κ3) is 2.49. The number of nitrogens with zero attached hydrogens (tertiary/aromatic N) is 2. The Morgan fingerprint density at radius 1 is 1.24 bits per heavy atom. The minimum atomic E-state index is -0.446.